The van der Waals surface area contributed by atoms with E-state index in [1.165, 1.54) is 30.1 Å². The summed E-state index contributed by atoms with van der Waals surface area (Å²) in [6.07, 6.45) is 5.02. The molecule has 2 aliphatic rings. The van der Waals surface area contributed by atoms with E-state index in [4.69, 9.17) is 4.74 Å². The van der Waals surface area contributed by atoms with Crippen molar-refractivity contribution in [3.05, 3.63) is 0 Å². The summed E-state index contributed by atoms with van der Waals surface area (Å²) in [6.45, 7) is 7.55. The SMILES string of the molecule is CC(C)(C)OC(=O)N1CCC(C2CC2CCI)CC1. The fraction of sp³-hybridized carbons (Fsp3) is 0.933. The van der Waals surface area contributed by atoms with Gasteiger partial charge >= 0.3 is 6.09 Å². The van der Waals surface area contributed by atoms with E-state index in [2.05, 4.69) is 22.6 Å². The fourth-order valence-electron chi connectivity index (χ4n) is 3.16. The molecule has 2 fully saturated rings. The molecular formula is C15H26INO2. The van der Waals surface area contributed by atoms with E-state index in [-0.39, 0.29) is 11.7 Å². The minimum Gasteiger partial charge on any atom is -0.444 e. The van der Waals surface area contributed by atoms with Crippen LogP contribution in [0.5, 0.6) is 0 Å². The normalized spacial score (nSPS) is 28.3. The van der Waals surface area contributed by atoms with E-state index in [1.54, 1.807) is 0 Å². The Morgan fingerprint density at radius 2 is 1.95 bits per heavy atom. The number of alkyl halides is 1. The van der Waals surface area contributed by atoms with E-state index in [9.17, 15) is 4.79 Å². The number of carbonyl (C=O) groups excluding carboxylic acids is 1. The predicted molar refractivity (Wildman–Crippen MR) is 85.6 cm³/mol. The lowest BCUT2D eigenvalue weighted by molar-refractivity contribution is 0.0174. The lowest BCUT2D eigenvalue weighted by Gasteiger charge is -2.33. The largest absolute Gasteiger partial charge is 0.444 e. The molecule has 2 rings (SSSR count). The van der Waals surface area contributed by atoms with Gasteiger partial charge in [-0.1, -0.05) is 22.6 Å². The number of ether oxygens (including phenoxy) is 1. The summed E-state index contributed by atoms with van der Waals surface area (Å²) in [5.41, 5.74) is -0.379. The average Bonchev–Trinajstić information content (AvgIpc) is 3.07. The first-order valence-corrected chi connectivity index (χ1v) is 8.97. The second-order valence-electron chi connectivity index (χ2n) is 6.94. The van der Waals surface area contributed by atoms with E-state index >= 15 is 0 Å². The maximum Gasteiger partial charge on any atom is 0.410 e. The zero-order chi connectivity index (χ0) is 14.0. The van der Waals surface area contributed by atoms with Crippen LogP contribution >= 0.6 is 22.6 Å². The van der Waals surface area contributed by atoms with E-state index in [1.807, 2.05) is 25.7 Å². The van der Waals surface area contributed by atoms with Gasteiger partial charge in [-0.3, -0.25) is 0 Å². The molecule has 0 spiro atoms. The van der Waals surface area contributed by atoms with Crippen LogP contribution in [0.25, 0.3) is 0 Å². The molecule has 0 radical (unpaired) electrons. The van der Waals surface area contributed by atoms with Crippen molar-refractivity contribution in [3.63, 3.8) is 0 Å². The monoisotopic (exact) mass is 379 g/mol. The topological polar surface area (TPSA) is 29.5 Å². The van der Waals surface area contributed by atoms with Crippen molar-refractivity contribution < 1.29 is 9.53 Å². The standard InChI is InChI=1S/C15H26INO2/c1-15(2,3)19-14(18)17-8-5-11(6-9-17)13-10-12(13)4-7-16/h11-13H,4-10H2,1-3H3. The van der Waals surface area contributed by atoms with Crippen LogP contribution in [0, 0.1) is 17.8 Å². The van der Waals surface area contributed by atoms with Gasteiger partial charge in [0.1, 0.15) is 5.60 Å². The fourth-order valence-corrected chi connectivity index (χ4v) is 3.96. The number of nitrogens with zero attached hydrogens (tertiary/aromatic N) is 1. The van der Waals surface area contributed by atoms with Crippen molar-refractivity contribution in [1.29, 1.82) is 0 Å². The van der Waals surface area contributed by atoms with Crippen LogP contribution in [0.4, 0.5) is 4.79 Å². The summed E-state index contributed by atoms with van der Waals surface area (Å²) in [4.78, 5) is 13.9. The van der Waals surface area contributed by atoms with Crippen LogP contribution in [0.15, 0.2) is 0 Å². The Hall–Kier alpha value is 0. The lowest BCUT2D eigenvalue weighted by atomic mass is 9.91. The van der Waals surface area contributed by atoms with Crippen molar-refractivity contribution in [2.75, 3.05) is 17.5 Å². The van der Waals surface area contributed by atoms with Crippen molar-refractivity contribution in [1.82, 2.24) is 4.90 Å². The molecule has 2 atom stereocenters. The van der Waals surface area contributed by atoms with Gasteiger partial charge < -0.3 is 9.64 Å². The highest BCUT2D eigenvalue weighted by Gasteiger charge is 2.43. The molecule has 1 aliphatic heterocycles. The van der Waals surface area contributed by atoms with Crippen molar-refractivity contribution >= 4 is 28.7 Å². The zero-order valence-electron chi connectivity index (χ0n) is 12.3. The Balaban J connectivity index is 1.72. The van der Waals surface area contributed by atoms with Gasteiger partial charge in [0.25, 0.3) is 0 Å². The van der Waals surface area contributed by atoms with Gasteiger partial charge in [-0.05, 0) is 68.6 Å². The van der Waals surface area contributed by atoms with Gasteiger partial charge in [-0.25, -0.2) is 4.79 Å². The highest BCUT2D eigenvalue weighted by atomic mass is 127. The highest BCUT2D eigenvalue weighted by Crippen LogP contribution is 2.49. The molecule has 2 unspecified atom stereocenters. The second kappa shape index (κ2) is 6.19. The Bertz CT molecular complexity index is 319. The van der Waals surface area contributed by atoms with Gasteiger partial charge in [0.2, 0.25) is 0 Å². The Labute approximate surface area is 130 Å². The number of likely N-dealkylation sites (tertiary alicyclic amines) is 1. The molecule has 3 nitrogen and oxygen atoms in total. The van der Waals surface area contributed by atoms with Crippen molar-refractivity contribution in [3.8, 4) is 0 Å². The summed E-state index contributed by atoms with van der Waals surface area (Å²) in [5.74, 6) is 2.79. The van der Waals surface area contributed by atoms with Crippen LogP contribution in [0.3, 0.4) is 0 Å². The van der Waals surface area contributed by atoms with Crippen LogP contribution in [0.2, 0.25) is 0 Å². The lowest BCUT2D eigenvalue weighted by Crippen LogP contribution is -2.42. The summed E-state index contributed by atoms with van der Waals surface area (Å²) in [7, 11) is 0. The number of amides is 1. The molecule has 1 heterocycles. The maximum absolute atomic E-state index is 12.0. The van der Waals surface area contributed by atoms with Gasteiger partial charge in [0.05, 0.1) is 0 Å². The number of hydrogen-bond donors (Lipinski definition) is 0. The molecule has 1 saturated heterocycles. The number of piperidine rings is 1. The molecule has 1 saturated carbocycles. The molecule has 19 heavy (non-hydrogen) atoms. The number of hydrogen-bond acceptors (Lipinski definition) is 2. The molecule has 0 aromatic rings. The first-order valence-electron chi connectivity index (χ1n) is 7.44. The third-order valence-electron chi connectivity index (χ3n) is 4.25. The molecule has 4 heteroatoms. The number of rotatable bonds is 3. The maximum atomic E-state index is 12.0. The first-order chi connectivity index (χ1) is 8.90. The zero-order valence-corrected chi connectivity index (χ0v) is 14.5. The Morgan fingerprint density at radius 3 is 2.47 bits per heavy atom. The summed E-state index contributed by atoms with van der Waals surface area (Å²) in [5, 5.41) is 0. The first kappa shape index (κ1) is 15.4. The summed E-state index contributed by atoms with van der Waals surface area (Å²) < 4.78 is 6.72. The minimum atomic E-state index is -0.379. The molecule has 110 valence electrons. The second-order valence-corrected chi connectivity index (χ2v) is 8.02. The van der Waals surface area contributed by atoms with Gasteiger partial charge in [0, 0.05) is 13.1 Å². The molecule has 1 amide bonds. The average molecular weight is 379 g/mol. The van der Waals surface area contributed by atoms with Gasteiger partial charge in [-0.2, -0.15) is 0 Å². The molecule has 0 aromatic carbocycles. The van der Waals surface area contributed by atoms with E-state index in [0.717, 1.165) is 30.8 Å². The quantitative estimate of drug-likeness (QED) is 0.546. The summed E-state index contributed by atoms with van der Waals surface area (Å²) in [6, 6.07) is 0. The van der Waals surface area contributed by atoms with Gasteiger partial charge in [-0.15, -0.1) is 0 Å². The summed E-state index contributed by atoms with van der Waals surface area (Å²) >= 11 is 2.48. The van der Waals surface area contributed by atoms with Crippen LogP contribution in [-0.4, -0.2) is 34.1 Å². The van der Waals surface area contributed by atoms with Crippen molar-refractivity contribution in [2.45, 2.75) is 52.1 Å². The smallest absolute Gasteiger partial charge is 0.410 e. The number of halogens is 1. The number of carbonyl (C=O) groups is 1. The third-order valence-corrected chi connectivity index (χ3v) is 4.88. The van der Waals surface area contributed by atoms with E-state index in [0.29, 0.717) is 0 Å². The van der Waals surface area contributed by atoms with Gasteiger partial charge in [0.15, 0.2) is 0 Å². The Kier molecular flexibility index (Phi) is 5.01. The third kappa shape index (κ3) is 4.50. The molecule has 1 aliphatic carbocycles. The molecule has 0 aromatic heterocycles. The molecular weight excluding hydrogens is 353 g/mol. The van der Waals surface area contributed by atoms with Crippen LogP contribution in [0.1, 0.15) is 46.5 Å². The van der Waals surface area contributed by atoms with E-state index < -0.39 is 0 Å². The highest BCUT2D eigenvalue weighted by molar-refractivity contribution is 14.1. The minimum absolute atomic E-state index is 0.134. The van der Waals surface area contributed by atoms with Crippen LogP contribution in [-0.2, 0) is 4.74 Å². The molecule has 0 N–H and O–H groups in total. The van der Waals surface area contributed by atoms with Crippen molar-refractivity contribution in [2.24, 2.45) is 17.8 Å². The van der Waals surface area contributed by atoms with Crippen LogP contribution < -0.4 is 0 Å². The predicted octanol–water partition coefficient (Wildman–Crippen LogP) is 4.09. The molecule has 0 bridgehead atoms. The Morgan fingerprint density at radius 1 is 1.32 bits per heavy atom.